The fourth-order valence-electron chi connectivity index (χ4n) is 3.06. The molecule has 0 bridgehead atoms. The van der Waals surface area contributed by atoms with Crippen LogP contribution in [0.3, 0.4) is 0 Å². The predicted molar refractivity (Wildman–Crippen MR) is 100 cm³/mol. The molecule has 6 nitrogen and oxygen atoms in total. The number of hydrogen-bond donors (Lipinski definition) is 1. The SMILES string of the molecule is COc1ccc(N2CC(C)N(C(=O)NCc3cccc(F)c3)CC2=O)cc1. The van der Waals surface area contributed by atoms with Gasteiger partial charge in [0.05, 0.1) is 7.11 Å². The summed E-state index contributed by atoms with van der Waals surface area (Å²) in [5.74, 6) is 0.215. The van der Waals surface area contributed by atoms with E-state index in [1.54, 1.807) is 36.3 Å². The van der Waals surface area contributed by atoms with Crippen molar-refractivity contribution in [2.45, 2.75) is 19.5 Å². The number of benzene rings is 2. The van der Waals surface area contributed by atoms with Gasteiger partial charge in [0, 0.05) is 24.8 Å². The summed E-state index contributed by atoms with van der Waals surface area (Å²) >= 11 is 0. The van der Waals surface area contributed by atoms with Crippen molar-refractivity contribution in [3.63, 3.8) is 0 Å². The summed E-state index contributed by atoms with van der Waals surface area (Å²) in [6.45, 7) is 2.49. The van der Waals surface area contributed by atoms with Gasteiger partial charge in [-0.15, -0.1) is 0 Å². The molecule has 0 aliphatic carbocycles. The lowest BCUT2D eigenvalue weighted by atomic mass is 10.1. The van der Waals surface area contributed by atoms with Gasteiger partial charge < -0.3 is 19.9 Å². The molecule has 0 radical (unpaired) electrons. The average molecular weight is 371 g/mol. The molecule has 1 aliphatic rings. The summed E-state index contributed by atoms with van der Waals surface area (Å²) in [5, 5.41) is 2.75. The zero-order valence-electron chi connectivity index (χ0n) is 15.3. The number of rotatable bonds is 4. The van der Waals surface area contributed by atoms with Crippen molar-refractivity contribution in [2.75, 3.05) is 25.1 Å². The molecule has 1 heterocycles. The summed E-state index contributed by atoms with van der Waals surface area (Å²) in [7, 11) is 1.59. The molecule has 1 fully saturated rings. The molecule has 2 aromatic carbocycles. The summed E-state index contributed by atoms with van der Waals surface area (Å²) in [6, 6.07) is 12.8. The third-order valence-corrected chi connectivity index (χ3v) is 4.56. The van der Waals surface area contributed by atoms with Gasteiger partial charge >= 0.3 is 6.03 Å². The minimum Gasteiger partial charge on any atom is -0.497 e. The molecule has 1 unspecified atom stereocenters. The number of methoxy groups -OCH3 is 1. The Balaban J connectivity index is 1.62. The number of ether oxygens (including phenoxy) is 1. The quantitative estimate of drug-likeness (QED) is 0.899. The summed E-state index contributed by atoms with van der Waals surface area (Å²) in [4.78, 5) is 28.2. The number of nitrogens with zero attached hydrogens (tertiary/aromatic N) is 2. The normalized spacial score (nSPS) is 17.0. The molecule has 27 heavy (non-hydrogen) atoms. The number of halogens is 1. The third kappa shape index (κ3) is 4.36. The molecule has 2 aromatic rings. The molecule has 0 spiro atoms. The summed E-state index contributed by atoms with van der Waals surface area (Å²) in [5.41, 5.74) is 1.44. The third-order valence-electron chi connectivity index (χ3n) is 4.56. The van der Waals surface area contributed by atoms with E-state index in [0.717, 1.165) is 11.4 Å². The topological polar surface area (TPSA) is 61.9 Å². The predicted octanol–water partition coefficient (Wildman–Crippen LogP) is 2.78. The van der Waals surface area contributed by atoms with Crippen LogP contribution in [0.15, 0.2) is 48.5 Å². The molecule has 3 amide bonds. The van der Waals surface area contributed by atoms with E-state index < -0.39 is 0 Å². The number of anilines is 1. The molecule has 0 saturated carbocycles. The van der Waals surface area contributed by atoms with Crippen molar-refractivity contribution in [1.82, 2.24) is 10.2 Å². The Kier molecular flexibility index (Phi) is 5.59. The van der Waals surface area contributed by atoms with Crippen LogP contribution < -0.4 is 15.0 Å². The van der Waals surface area contributed by atoms with Crippen LogP contribution in [0.5, 0.6) is 5.75 Å². The van der Waals surface area contributed by atoms with Gasteiger partial charge in [-0.2, -0.15) is 0 Å². The first-order chi connectivity index (χ1) is 13.0. The van der Waals surface area contributed by atoms with E-state index in [4.69, 9.17) is 4.74 Å². The zero-order chi connectivity index (χ0) is 19.4. The van der Waals surface area contributed by atoms with Crippen molar-refractivity contribution in [3.05, 3.63) is 59.9 Å². The fraction of sp³-hybridized carbons (Fsp3) is 0.300. The first-order valence-electron chi connectivity index (χ1n) is 8.71. The van der Waals surface area contributed by atoms with Crippen molar-refractivity contribution < 1.29 is 18.7 Å². The molecule has 1 aliphatic heterocycles. The van der Waals surface area contributed by atoms with Crippen molar-refractivity contribution in [1.29, 1.82) is 0 Å². The highest BCUT2D eigenvalue weighted by Crippen LogP contribution is 2.23. The van der Waals surface area contributed by atoms with Crippen LogP contribution in [0.2, 0.25) is 0 Å². The Bertz CT molecular complexity index is 825. The molecule has 0 aromatic heterocycles. The molecular weight excluding hydrogens is 349 g/mol. The smallest absolute Gasteiger partial charge is 0.318 e. The van der Waals surface area contributed by atoms with Crippen LogP contribution in [0.25, 0.3) is 0 Å². The Morgan fingerprint density at radius 2 is 2.00 bits per heavy atom. The number of carbonyl (C=O) groups excluding carboxylic acids is 2. The molecule has 1 N–H and O–H groups in total. The van der Waals surface area contributed by atoms with E-state index in [2.05, 4.69) is 5.32 Å². The van der Waals surface area contributed by atoms with E-state index in [1.807, 2.05) is 19.1 Å². The van der Waals surface area contributed by atoms with Gasteiger partial charge in [0.25, 0.3) is 0 Å². The summed E-state index contributed by atoms with van der Waals surface area (Å²) < 4.78 is 18.4. The maximum Gasteiger partial charge on any atom is 0.318 e. The van der Waals surface area contributed by atoms with E-state index in [0.29, 0.717) is 12.1 Å². The largest absolute Gasteiger partial charge is 0.497 e. The molecule has 3 rings (SSSR count). The Morgan fingerprint density at radius 3 is 2.67 bits per heavy atom. The number of amides is 3. The fourth-order valence-corrected chi connectivity index (χ4v) is 3.06. The number of piperazine rings is 1. The van der Waals surface area contributed by atoms with Gasteiger partial charge in [0.1, 0.15) is 18.1 Å². The van der Waals surface area contributed by atoms with Crippen LogP contribution in [0.1, 0.15) is 12.5 Å². The van der Waals surface area contributed by atoms with Gasteiger partial charge in [0.15, 0.2) is 0 Å². The Morgan fingerprint density at radius 1 is 1.26 bits per heavy atom. The maximum absolute atomic E-state index is 13.2. The monoisotopic (exact) mass is 371 g/mol. The first kappa shape index (κ1) is 18.7. The van der Waals surface area contributed by atoms with Crippen LogP contribution in [-0.2, 0) is 11.3 Å². The van der Waals surface area contributed by atoms with Gasteiger partial charge in [0.2, 0.25) is 5.91 Å². The first-order valence-corrected chi connectivity index (χ1v) is 8.71. The van der Waals surface area contributed by atoms with Crippen LogP contribution in [-0.4, -0.2) is 43.1 Å². The van der Waals surface area contributed by atoms with Gasteiger partial charge in [-0.05, 0) is 48.9 Å². The lowest BCUT2D eigenvalue weighted by Gasteiger charge is -2.39. The standard InChI is InChI=1S/C20H22FN3O3/c1-14-12-24(17-6-8-18(27-2)9-7-17)19(25)13-23(14)20(26)22-11-15-4-3-5-16(21)10-15/h3-10,14H,11-13H2,1-2H3,(H,22,26). The molecular formula is C20H22FN3O3. The van der Waals surface area contributed by atoms with Crippen LogP contribution in [0.4, 0.5) is 14.9 Å². The van der Waals surface area contributed by atoms with E-state index in [-0.39, 0.29) is 36.9 Å². The maximum atomic E-state index is 13.2. The second-order valence-electron chi connectivity index (χ2n) is 6.47. The Labute approximate surface area is 157 Å². The molecule has 142 valence electrons. The molecule has 1 atom stereocenters. The molecule has 7 heteroatoms. The van der Waals surface area contributed by atoms with E-state index in [1.165, 1.54) is 17.0 Å². The van der Waals surface area contributed by atoms with Gasteiger partial charge in [-0.25, -0.2) is 9.18 Å². The number of nitrogens with one attached hydrogen (secondary N) is 1. The lowest BCUT2D eigenvalue weighted by Crippen LogP contribution is -2.59. The van der Waals surface area contributed by atoms with Gasteiger partial charge in [-0.1, -0.05) is 12.1 Å². The minimum absolute atomic E-state index is 0.0117. The van der Waals surface area contributed by atoms with E-state index >= 15 is 0 Å². The van der Waals surface area contributed by atoms with Gasteiger partial charge in [-0.3, -0.25) is 4.79 Å². The lowest BCUT2D eigenvalue weighted by molar-refractivity contribution is -0.121. The zero-order valence-corrected chi connectivity index (χ0v) is 15.3. The van der Waals surface area contributed by atoms with Crippen molar-refractivity contribution in [2.24, 2.45) is 0 Å². The highest BCUT2D eigenvalue weighted by atomic mass is 19.1. The summed E-state index contributed by atoms with van der Waals surface area (Å²) in [6.07, 6.45) is 0. The second kappa shape index (κ2) is 8.07. The molecule has 1 saturated heterocycles. The Hall–Kier alpha value is -3.09. The van der Waals surface area contributed by atoms with E-state index in [9.17, 15) is 14.0 Å². The highest BCUT2D eigenvalue weighted by Gasteiger charge is 2.33. The highest BCUT2D eigenvalue weighted by molar-refractivity contribution is 5.98. The number of hydrogen-bond acceptors (Lipinski definition) is 3. The van der Waals surface area contributed by atoms with Crippen molar-refractivity contribution in [3.8, 4) is 5.75 Å². The minimum atomic E-state index is -0.349. The number of urea groups is 1. The average Bonchev–Trinajstić information content (AvgIpc) is 2.68. The van der Waals surface area contributed by atoms with Crippen molar-refractivity contribution >= 4 is 17.6 Å². The van der Waals surface area contributed by atoms with Crippen LogP contribution >= 0.6 is 0 Å². The number of carbonyl (C=O) groups is 2. The second-order valence-corrected chi connectivity index (χ2v) is 6.47. The van der Waals surface area contributed by atoms with Crippen LogP contribution in [0, 0.1) is 5.82 Å².